The molecular formula is C21H34N4O2S. The van der Waals surface area contributed by atoms with Gasteiger partial charge in [-0.05, 0) is 19.3 Å². The van der Waals surface area contributed by atoms with Gasteiger partial charge in [-0.2, -0.15) is 0 Å². The Bertz CT molecular complexity index is 697. The third-order valence-electron chi connectivity index (χ3n) is 5.70. The SMILES string of the molecule is CC(=O)N1CCCC(C(=O)N2CCCN(Cc3csc(C(C)(C)C)n3)CC2)C1. The van der Waals surface area contributed by atoms with Crippen molar-refractivity contribution < 1.29 is 9.59 Å². The quantitative estimate of drug-likeness (QED) is 0.775. The van der Waals surface area contributed by atoms with E-state index in [-0.39, 0.29) is 23.1 Å². The number of aromatic nitrogens is 1. The molecule has 156 valence electrons. The van der Waals surface area contributed by atoms with Gasteiger partial charge >= 0.3 is 0 Å². The Morgan fingerprint density at radius 3 is 2.54 bits per heavy atom. The van der Waals surface area contributed by atoms with Gasteiger partial charge in [-0.15, -0.1) is 11.3 Å². The van der Waals surface area contributed by atoms with E-state index < -0.39 is 0 Å². The van der Waals surface area contributed by atoms with Gasteiger partial charge in [0.1, 0.15) is 0 Å². The molecule has 0 N–H and O–H groups in total. The summed E-state index contributed by atoms with van der Waals surface area (Å²) >= 11 is 1.74. The summed E-state index contributed by atoms with van der Waals surface area (Å²) < 4.78 is 0. The molecule has 2 aliphatic rings. The van der Waals surface area contributed by atoms with Crippen molar-refractivity contribution in [1.82, 2.24) is 19.7 Å². The van der Waals surface area contributed by atoms with Crippen LogP contribution in [-0.2, 0) is 21.5 Å². The van der Waals surface area contributed by atoms with E-state index >= 15 is 0 Å². The summed E-state index contributed by atoms with van der Waals surface area (Å²) in [6, 6.07) is 0. The molecule has 0 saturated carbocycles. The topological polar surface area (TPSA) is 56.8 Å². The summed E-state index contributed by atoms with van der Waals surface area (Å²) in [5, 5.41) is 3.36. The molecule has 0 aliphatic carbocycles. The van der Waals surface area contributed by atoms with Crippen LogP contribution in [0.2, 0.25) is 0 Å². The van der Waals surface area contributed by atoms with Gasteiger partial charge in [0.25, 0.3) is 0 Å². The van der Waals surface area contributed by atoms with Gasteiger partial charge in [-0.25, -0.2) is 4.98 Å². The van der Waals surface area contributed by atoms with Crippen LogP contribution in [-0.4, -0.2) is 70.8 Å². The second-order valence-electron chi connectivity index (χ2n) is 9.15. The van der Waals surface area contributed by atoms with Crippen LogP contribution in [0.5, 0.6) is 0 Å². The van der Waals surface area contributed by atoms with Crippen molar-refractivity contribution in [2.75, 3.05) is 39.3 Å². The van der Waals surface area contributed by atoms with Crippen LogP contribution in [0.4, 0.5) is 0 Å². The molecule has 0 spiro atoms. The van der Waals surface area contributed by atoms with Crippen LogP contribution in [0.1, 0.15) is 57.7 Å². The first-order valence-corrected chi connectivity index (χ1v) is 11.3. The summed E-state index contributed by atoms with van der Waals surface area (Å²) in [7, 11) is 0. The highest BCUT2D eigenvalue weighted by Crippen LogP contribution is 2.26. The lowest BCUT2D eigenvalue weighted by molar-refractivity contribution is -0.140. The number of nitrogens with zero attached hydrogens (tertiary/aromatic N) is 4. The number of carbonyl (C=O) groups is 2. The van der Waals surface area contributed by atoms with Crippen LogP contribution in [0.15, 0.2) is 5.38 Å². The average Bonchev–Trinajstić information content (AvgIpc) is 3.00. The summed E-state index contributed by atoms with van der Waals surface area (Å²) in [6.45, 7) is 13.9. The number of carbonyl (C=O) groups excluding carboxylic acids is 2. The summed E-state index contributed by atoms with van der Waals surface area (Å²) in [4.78, 5) is 35.8. The molecule has 3 heterocycles. The Kier molecular flexibility index (Phi) is 6.76. The minimum Gasteiger partial charge on any atom is -0.342 e. The number of likely N-dealkylation sites (tertiary alicyclic amines) is 1. The maximum atomic E-state index is 13.0. The zero-order valence-electron chi connectivity index (χ0n) is 17.7. The molecule has 1 unspecified atom stereocenters. The zero-order valence-corrected chi connectivity index (χ0v) is 18.6. The molecule has 2 amide bonds. The van der Waals surface area contributed by atoms with Crippen LogP contribution in [0, 0.1) is 5.92 Å². The minimum absolute atomic E-state index is 0.0305. The van der Waals surface area contributed by atoms with Gasteiger partial charge in [0, 0.05) is 63.5 Å². The van der Waals surface area contributed by atoms with E-state index in [2.05, 4.69) is 31.1 Å². The van der Waals surface area contributed by atoms with Crippen molar-refractivity contribution in [2.45, 2.75) is 58.9 Å². The Hall–Kier alpha value is -1.47. The largest absolute Gasteiger partial charge is 0.342 e. The first-order valence-electron chi connectivity index (χ1n) is 10.5. The Morgan fingerprint density at radius 1 is 1.11 bits per heavy atom. The maximum absolute atomic E-state index is 13.0. The predicted octanol–water partition coefficient (Wildman–Crippen LogP) is 2.73. The Labute approximate surface area is 172 Å². The van der Waals surface area contributed by atoms with Gasteiger partial charge in [0.2, 0.25) is 11.8 Å². The lowest BCUT2D eigenvalue weighted by Gasteiger charge is -2.34. The minimum atomic E-state index is -0.0305. The molecule has 3 rings (SSSR count). The lowest BCUT2D eigenvalue weighted by Crippen LogP contribution is -2.47. The number of rotatable bonds is 3. The number of piperidine rings is 1. The maximum Gasteiger partial charge on any atom is 0.227 e. The second kappa shape index (κ2) is 8.91. The van der Waals surface area contributed by atoms with E-state index in [1.807, 2.05) is 9.80 Å². The van der Waals surface area contributed by atoms with Crippen LogP contribution in [0.3, 0.4) is 0 Å². The van der Waals surface area contributed by atoms with E-state index in [9.17, 15) is 9.59 Å². The normalized spacial score (nSPS) is 22.2. The lowest BCUT2D eigenvalue weighted by atomic mass is 9.96. The third-order valence-corrected chi connectivity index (χ3v) is 7.01. The standard InChI is InChI=1S/C21H34N4O2S/c1-16(26)25-9-5-7-17(13-25)19(27)24-10-6-8-23(11-12-24)14-18-15-28-20(22-18)21(2,3)4/h15,17H,5-14H2,1-4H3. The molecule has 28 heavy (non-hydrogen) atoms. The fourth-order valence-electron chi connectivity index (χ4n) is 4.03. The summed E-state index contributed by atoms with van der Waals surface area (Å²) in [5.74, 6) is 0.283. The molecule has 2 fully saturated rings. The molecule has 2 saturated heterocycles. The van der Waals surface area contributed by atoms with Gasteiger partial charge in [0.15, 0.2) is 0 Å². The van der Waals surface area contributed by atoms with Crippen molar-refractivity contribution in [3.63, 3.8) is 0 Å². The highest BCUT2D eigenvalue weighted by molar-refractivity contribution is 7.09. The fraction of sp³-hybridized carbons (Fsp3) is 0.762. The van der Waals surface area contributed by atoms with E-state index in [4.69, 9.17) is 4.98 Å². The molecule has 6 nitrogen and oxygen atoms in total. The molecule has 0 aromatic carbocycles. The molecule has 0 bridgehead atoms. The van der Waals surface area contributed by atoms with Gasteiger partial charge in [0.05, 0.1) is 16.6 Å². The first-order chi connectivity index (χ1) is 13.2. The van der Waals surface area contributed by atoms with Crippen molar-refractivity contribution in [1.29, 1.82) is 0 Å². The van der Waals surface area contributed by atoms with E-state index in [0.29, 0.717) is 6.54 Å². The first kappa shape index (κ1) is 21.2. The molecule has 1 atom stereocenters. The molecule has 1 aromatic rings. The van der Waals surface area contributed by atoms with Crippen molar-refractivity contribution >= 4 is 23.2 Å². The van der Waals surface area contributed by atoms with Crippen LogP contribution in [0.25, 0.3) is 0 Å². The van der Waals surface area contributed by atoms with Crippen molar-refractivity contribution in [3.05, 3.63) is 16.1 Å². The van der Waals surface area contributed by atoms with Gasteiger partial charge in [-0.1, -0.05) is 20.8 Å². The third kappa shape index (κ3) is 5.32. The highest BCUT2D eigenvalue weighted by Gasteiger charge is 2.31. The average molecular weight is 407 g/mol. The van der Waals surface area contributed by atoms with Crippen LogP contribution < -0.4 is 0 Å². The summed E-state index contributed by atoms with van der Waals surface area (Å²) in [5.41, 5.74) is 1.23. The Balaban J connectivity index is 1.53. The monoisotopic (exact) mass is 406 g/mol. The van der Waals surface area contributed by atoms with Crippen molar-refractivity contribution in [2.24, 2.45) is 5.92 Å². The van der Waals surface area contributed by atoms with E-state index in [1.165, 1.54) is 5.01 Å². The summed E-state index contributed by atoms with van der Waals surface area (Å²) in [6.07, 6.45) is 2.82. The van der Waals surface area contributed by atoms with Gasteiger partial charge < -0.3 is 9.80 Å². The predicted molar refractivity (Wildman–Crippen MR) is 112 cm³/mol. The Morgan fingerprint density at radius 2 is 1.86 bits per heavy atom. The molecule has 7 heteroatoms. The van der Waals surface area contributed by atoms with Crippen LogP contribution >= 0.6 is 11.3 Å². The smallest absolute Gasteiger partial charge is 0.227 e. The molecule has 1 aromatic heterocycles. The molecule has 2 aliphatic heterocycles. The van der Waals surface area contributed by atoms with E-state index in [1.54, 1.807) is 18.3 Å². The zero-order chi connectivity index (χ0) is 20.3. The fourth-order valence-corrected chi connectivity index (χ4v) is 4.92. The second-order valence-corrected chi connectivity index (χ2v) is 10.0. The number of hydrogen-bond donors (Lipinski definition) is 0. The van der Waals surface area contributed by atoms with Gasteiger partial charge in [-0.3, -0.25) is 14.5 Å². The van der Waals surface area contributed by atoms with E-state index in [0.717, 1.165) is 64.2 Å². The molecular weight excluding hydrogens is 372 g/mol. The number of thiazole rings is 1. The number of hydrogen-bond acceptors (Lipinski definition) is 5. The number of amides is 2. The molecule has 0 radical (unpaired) electrons. The highest BCUT2D eigenvalue weighted by atomic mass is 32.1. The van der Waals surface area contributed by atoms with Crippen molar-refractivity contribution in [3.8, 4) is 0 Å².